The lowest BCUT2D eigenvalue weighted by Crippen LogP contribution is -2.46. The zero-order valence-corrected chi connectivity index (χ0v) is 12.4. The van der Waals surface area contributed by atoms with Gasteiger partial charge in [0.2, 0.25) is 0 Å². The summed E-state index contributed by atoms with van der Waals surface area (Å²) < 4.78 is 0. The summed E-state index contributed by atoms with van der Waals surface area (Å²) in [6.07, 6.45) is 2.76. The smallest absolute Gasteiger partial charge is 0.0223 e. The molecule has 1 saturated heterocycles. The zero-order valence-electron chi connectivity index (χ0n) is 12.4. The summed E-state index contributed by atoms with van der Waals surface area (Å²) in [5, 5.41) is 3.52. The van der Waals surface area contributed by atoms with Crippen molar-refractivity contribution in [3.8, 4) is 0 Å². The second-order valence-corrected chi connectivity index (χ2v) is 5.78. The molecule has 1 aliphatic heterocycles. The third kappa shape index (κ3) is 4.94. The van der Waals surface area contributed by atoms with Crippen LogP contribution in [0.15, 0.2) is 0 Å². The van der Waals surface area contributed by atoms with Crippen LogP contribution in [0.25, 0.3) is 0 Å². The highest BCUT2D eigenvalue weighted by Crippen LogP contribution is 2.17. The molecular formula is C14H31N3. The molecular weight excluding hydrogens is 210 g/mol. The predicted octanol–water partition coefficient (Wildman–Crippen LogP) is 1.79. The average molecular weight is 241 g/mol. The Kier molecular flexibility index (Phi) is 6.45. The standard InChI is InChI=1S/C14H31N3/c1-6-17-9-7-8-14(17)11-16(5)13(4)10-15-12(2)3/h12-15H,6-11H2,1-5H3. The van der Waals surface area contributed by atoms with Crippen LogP contribution in [0.1, 0.15) is 40.5 Å². The minimum Gasteiger partial charge on any atom is -0.313 e. The predicted molar refractivity (Wildman–Crippen MR) is 75.5 cm³/mol. The molecule has 1 rings (SSSR count). The van der Waals surface area contributed by atoms with Crippen molar-refractivity contribution in [2.24, 2.45) is 0 Å². The van der Waals surface area contributed by atoms with E-state index in [1.165, 1.54) is 32.5 Å². The summed E-state index contributed by atoms with van der Waals surface area (Å²) in [7, 11) is 2.26. The molecule has 17 heavy (non-hydrogen) atoms. The fraction of sp³-hybridized carbons (Fsp3) is 1.00. The van der Waals surface area contributed by atoms with Crippen LogP contribution >= 0.6 is 0 Å². The van der Waals surface area contributed by atoms with Crippen molar-refractivity contribution in [1.82, 2.24) is 15.1 Å². The molecule has 1 N–H and O–H groups in total. The van der Waals surface area contributed by atoms with E-state index in [4.69, 9.17) is 0 Å². The van der Waals surface area contributed by atoms with Crippen LogP contribution in [0, 0.1) is 0 Å². The first-order chi connectivity index (χ1) is 8.04. The van der Waals surface area contributed by atoms with Gasteiger partial charge < -0.3 is 10.2 Å². The average Bonchev–Trinajstić information content (AvgIpc) is 2.72. The van der Waals surface area contributed by atoms with Gasteiger partial charge in [0.25, 0.3) is 0 Å². The number of hydrogen-bond acceptors (Lipinski definition) is 3. The highest BCUT2D eigenvalue weighted by Gasteiger charge is 2.25. The van der Waals surface area contributed by atoms with E-state index in [2.05, 4.69) is 49.9 Å². The minimum absolute atomic E-state index is 0.587. The monoisotopic (exact) mass is 241 g/mol. The molecule has 0 aliphatic carbocycles. The maximum absolute atomic E-state index is 3.52. The molecule has 0 amide bonds. The summed E-state index contributed by atoms with van der Waals surface area (Å²) in [4.78, 5) is 5.13. The van der Waals surface area contributed by atoms with Gasteiger partial charge in [0.05, 0.1) is 0 Å². The van der Waals surface area contributed by atoms with Crippen molar-refractivity contribution in [2.45, 2.75) is 58.7 Å². The van der Waals surface area contributed by atoms with Crippen molar-refractivity contribution in [3.05, 3.63) is 0 Å². The molecule has 2 unspecified atom stereocenters. The van der Waals surface area contributed by atoms with Gasteiger partial charge in [-0.25, -0.2) is 0 Å². The molecule has 3 nitrogen and oxygen atoms in total. The van der Waals surface area contributed by atoms with Crippen LogP contribution in [0.4, 0.5) is 0 Å². The van der Waals surface area contributed by atoms with Crippen LogP contribution in [0.5, 0.6) is 0 Å². The van der Waals surface area contributed by atoms with Gasteiger partial charge in [0.1, 0.15) is 0 Å². The van der Waals surface area contributed by atoms with E-state index < -0.39 is 0 Å². The number of likely N-dealkylation sites (N-methyl/N-ethyl adjacent to an activating group) is 2. The summed E-state index contributed by atoms with van der Waals surface area (Å²) in [6, 6.07) is 1.99. The summed E-state index contributed by atoms with van der Waals surface area (Å²) in [6.45, 7) is 13.8. The Hall–Kier alpha value is -0.120. The zero-order chi connectivity index (χ0) is 12.8. The summed E-state index contributed by atoms with van der Waals surface area (Å²) >= 11 is 0. The fourth-order valence-corrected chi connectivity index (χ4v) is 2.59. The Labute approximate surface area is 108 Å². The maximum atomic E-state index is 3.52. The number of rotatable bonds is 7. The second kappa shape index (κ2) is 7.34. The van der Waals surface area contributed by atoms with Crippen molar-refractivity contribution >= 4 is 0 Å². The molecule has 0 aromatic rings. The molecule has 3 heteroatoms. The van der Waals surface area contributed by atoms with Gasteiger partial charge in [0.15, 0.2) is 0 Å². The molecule has 1 heterocycles. The maximum Gasteiger partial charge on any atom is 0.0223 e. The van der Waals surface area contributed by atoms with Crippen molar-refractivity contribution < 1.29 is 0 Å². The number of hydrogen-bond donors (Lipinski definition) is 1. The SMILES string of the molecule is CCN1CCCC1CN(C)C(C)CNC(C)C. The fourth-order valence-electron chi connectivity index (χ4n) is 2.59. The number of nitrogens with one attached hydrogen (secondary N) is 1. The molecule has 0 radical (unpaired) electrons. The number of nitrogens with zero attached hydrogens (tertiary/aromatic N) is 2. The van der Waals surface area contributed by atoms with Crippen LogP contribution < -0.4 is 5.32 Å². The Morgan fingerprint density at radius 2 is 2.06 bits per heavy atom. The highest BCUT2D eigenvalue weighted by molar-refractivity contribution is 4.82. The van der Waals surface area contributed by atoms with E-state index >= 15 is 0 Å². The van der Waals surface area contributed by atoms with Gasteiger partial charge in [-0.2, -0.15) is 0 Å². The van der Waals surface area contributed by atoms with E-state index in [1.54, 1.807) is 0 Å². The molecule has 1 aliphatic rings. The van der Waals surface area contributed by atoms with Crippen molar-refractivity contribution in [2.75, 3.05) is 33.2 Å². The van der Waals surface area contributed by atoms with Crippen LogP contribution in [-0.4, -0.2) is 61.2 Å². The first kappa shape index (κ1) is 14.9. The van der Waals surface area contributed by atoms with Gasteiger partial charge in [-0.05, 0) is 39.9 Å². The normalized spacial score (nSPS) is 23.8. The van der Waals surface area contributed by atoms with Crippen LogP contribution in [0.2, 0.25) is 0 Å². The second-order valence-electron chi connectivity index (χ2n) is 5.78. The largest absolute Gasteiger partial charge is 0.313 e. The third-order valence-electron chi connectivity index (χ3n) is 3.98. The van der Waals surface area contributed by atoms with E-state index in [0.29, 0.717) is 12.1 Å². The first-order valence-corrected chi connectivity index (χ1v) is 7.22. The summed E-state index contributed by atoms with van der Waals surface area (Å²) in [5.41, 5.74) is 0. The van der Waals surface area contributed by atoms with Crippen molar-refractivity contribution in [3.63, 3.8) is 0 Å². The van der Waals surface area contributed by atoms with Gasteiger partial charge in [0, 0.05) is 31.2 Å². The summed E-state index contributed by atoms with van der Waals surface area (Å²) in [5.74, 6) is 0. The Bertz CT molecular complexity index is 206. The molecule has 0 aromatic carbocycles. The first-order valence-electron chi connectivity index (χ1n) is 7.22. The van der Waals surface area contributed by atoms with Gasteiger partial charge in [-0.3, -0.25) is 4.90 Å². The van der Waals surface area contributed by atoms with Crippen molar-refractivity contribution in [1.29, 1.82) is 0 Å². The molecule has 0 aromatic heterocycles. The van der Waals surface area contributed by atoms with Gasteiger partial charge >= 0.3 is 0 Å². The molecule has 0 bridgehead atoms. The Morgan fingerprint density at radius 3 is 2.65 bits per heavy atom. The van der Waals surface area contributed by atoms with Crippen LogP contribution in [0.3, 0.4) is 0 Å². The lowest BCUT2D eigenvalue weighted by Gasteiger charge is -2.32. The minimum atomic E-state index is 0.587. The highest BCUT2D eigenvalue weighted by atomic mass is 15.2. The lowest BCUT2D eigenvalue weighted by molar-refractivity contribution is 0.167. The molecule has 1 fully saturated rings. The number of likely N-dealkylation sites (tertiary alicyclic amines) is 1. The molecule has 2 atom stereocenters. The van der Waals surface area contributed by atoms with Gasteiger partial charge in [-0.15, -0.1) is 0 Å². The van der Waals surface area contributed by atoms with E-state index in [0.717, 1.165) is 12.6 Å². The van der Waals surface area contributed by atoms with E-state index in [9.17, 15) is 0 Å². The Balaban J connectivity index is 2.29. The Morgan fingerprint density at radius 1 is 1.35 bits per heavy atom. The van der Waals surface area contributed by atoms with E-state index in [-0.39, 0.29) is 0 Å². The molecule has 0 saturated carbocycles. The van der Waals surface area contributed by atoms with Crippen LogP contribution in [-0.2, 0) is 0 Å². The van der Waals surface area contributed by atoms with Gasteiger partial charge in [-0.1, -0.05) is 20.8 Å². The van der Waals surface area contributed by atoms with E-state index in [1.807, 2.05) is 0 Å². The molecule has 0 spiro atoms. The quantitative estimate of drug-likeness (QED) is 0.733. The molecule has 102 valence electrons. The third-order valence-corrected chi connectivity index (χ3v) is 3.98. The lowest BCUT2D eigenvalue weighted by atomic mass is 10.2. The topological polar surface area (TPSA) is 18.5 Å².